The molecule has 0 atom stereocenters. The number of aromatic nitrogens is 2. The van der Waals surface area contributed by atoms with E-state index in [9.17, 15) is 4.79 Å². The zero-order valence-corrected chi connectivity index (χ0v) is 10.2. The van der Waals surface area contributed by atoms with Crippen LogP contribution >= 0.6 is 0 Å². The molecule has 4 nitrogen and oxygen atoms in total. The molecular formula is C12H19N3O. The van der Waals surface area contributed by atoms with Gasteiger partial charge in [0.2, 0.25) is 5.95 Å². The number of hydrogen-bond donors (Lipinski definition) is 1. The van der Waals surface area contributed by atoms with E-state index in [1.165, 1.54) is 0 Å². The summed E-state index contributed by atoms with van der Waals surface area (Å²) in [4.78, 5) is 19.1. The molecule has 1 rings (SSSR count). The fraction of sp³-hybridized carbons (Fsp3) is 0.583. The first-order valence-electron chi connectivity index (χ1n) is 5.62. The smallest absolute Gasteiger partial charge is 0.222 e. The highest BCUT2D eigenvalue weighted by atomic mass is 16.1. The van der Waals surface area contributed by atoms with E-state index in [1.54, 1.807) is 6.92 Å². The molecule has 0 aliphatic heterocycles. The molecule has 1 aromatic heterocycles. The van der Waals surface area contributed by atoms with Gasteiger partial charge in [-0.1, -0.05) is 13.8 Å². The molecule has 0 bridgehead atoms. The second kappa shape index (κ2) is 6.20. The molecule has 0 amide bonds. The number of ketones is 1. The van der Waals surface area contributed by atoms with Crippen molar-refractivity contribution in [1.82, 2.24) is 9.97 Å². The van der Waals surface area contributed by atoms with Crippen molar-refractivity contribution in [2.45, 2.75) is 33.6 Å². The molecule has 4 heteroatoms. The minimum absolute atomic E-state index is 0.170. The third-order valence-electron chi connectivity index (χ3n) is 2.11. The zero-order valence-electron chi connectivity index (χ0n) is 10.2. The van der Waals surface area contributed by atoms with Crippen molar-refractivity contribution >= 4 is 11.7 Å². The second-order valence-electron chi connectivity index (χ2n) is 4.39. The summed E-state index contributed by atoms with van der Waals surface area (Å²) in [5.74, 6) is 1.37. The van der Waals surface area contributed by atoms with Crippen LogP contribution in [0.25, 0.3) is 0 Å². The summed E-state index contributed by atoms with van der Waals surface area (Å²) in [5.41, 5.74) is 1.15. The molecule has 0 unspecified atom stereocenters. The Morgan fingerprint density at radius 3 is 2.50 bits per heavy atom. The van der Waals surface area contributed by atoms with Crippen LogP contribution in [0.2, 0.25) is 0 Å². The summed E-state index contributed by atoms with van der Waals surface area (Å²) in [5, 5.41) is 3.01. The monoisotopic (exact) mass is 221 g/mol. The number of carbonyl (C=O) groups is 1. The molecule has 0 aliphatic rings. The molecule has 1 aromatic rings. The third kappa shape index (κ3) is 4.87. The van der Waals surface area contributed by atoms with E-state index >= 15 is 0 Å². The molecule has 0 saturated carbocycles. The Balaban J connectivity index is 2.42. The standard InChI is InChI=1S/C12H19N3O/c1-9(2)6-11-7-14-12(15-8-11)13-5-4-10(3)16/h7-9H,4-6H2,1-3H3,(H,13,14,15). The first-order chi connectivity index (χ1) is 7.58. The van der Waals surface area contributed by atoms with Crippen molar-refractivity contribution < 1.29 is 4.79 Å². The van der Waals surface area contributed by atoms with Crippen LogP contribution in [0.15, 0.2) is 12.4 Å². The van der Waals surface area contributed by atoms with Gasteiger partial charge in [-0.05, 0) is 24.8 Å². The molecule has 16 heavy (non-hydrogen) atoms. The van der Waals surface area contributed by atoms with Crippen LogP contribution < -0.4 is 5.32 Å². The molecule has 0 fully saturated rings. The van der Waals surface area contributed by atoms with E-state index < -0.39 is 0 Å². The normalized spacial score (nSPS) is 10.5. The second-order valence-corrected chi connectivity index (χ2v) is 4.39. The zero-order chi connectivity index (χ0) is 12.0. The van der Waals surface area contributed by atoms with E-state index in [-0.39, 0.29) is 5.78 Å². The Morgan fingerprint density at radius 2 is 2.00 bits per heavy atom. The molecule has 1 N–H and O–H groups in total. The van der Waals surface area contributed by atoms with Gasteiger partial charge >= 0.3 is 0 Å². The number of nitrogens with zero attached hydrogens (tertiary/aromatic N) is 2. The average Bonchev–Trinajstić information content (AvgIpc) is 2.19. The van der Waals surface area contributed by atoms with Crippen LogP contribution in [0, 0.1) is 5.92 Å². The first kappa shape index (κ1) is 12.6. The van der Waals surface area contributed by atoms with Gasteiger partial charge in [0.05, 0.1) is 0 Å². The summed E-state index contributed by atoms with van der Waals surface area (Å²) in [6, 6.07) is 0. The lowest BCUT2D eigenvalue weighted by Gasteiger charge is -2.06. The number of rotatable bonds is 6. The van der Waals surface area contributed by atoms with Gasteiger partial charge in [-0.15, -0.1) is 0 Å². The van der Waals surface area contributed by atoms with Crippen molar-refractivity contribution in [3.63, 3.8) is 0 Å². The van der Waals surface area contributed by atoms with Gasteiger partial charge in [-0.2, -0.15) is 0 Å². The van der Waals surface area contributed by atoms with Crippen LogP contribution in [-0.4, -0.2) is 22.3 Å². The van der Waals surface area contributed by atoms with Gasteiger partial charge < -0.3 is 5.32 Å². The first-order valence-corrected chi connectivity index (χ1v) is 5.62. The quantitative estimate of drug-likeness (QED) is 0.799. The Hall–Kier alpha value is -1.45. The van der Waals surface area contributed by atoms with E-state index in [0.29, 0.717) is 24.8 Å². The minimum atomic E-state index is 0.170. The number of nitrogens with one attached hydrogen (secondary N) is 1. The predicted molar refractivity (Wildman–Crippen MR) is 64.4 cm³/mol. The number of carbonyl (C=O) groups excluding carboxylic acids is 1. The predicted octanol–water partition coefficient (Wildman–Crippen LogP) is 2.07. The van der Waals surface area contributed by atoms with Crippen molar-refractivity contribution in [1.29, 1.82) is 0 Å². The fourth-order valence-electron chi connectivity index (χ4n) is 1.37. The lowest BCUT2D eigenvalue weighted by atomic mass is 10.1. The molecule has 0 saturated heterocycles. The van der Waals surface area contributed by atoms with Crippen LogP contribution in [0.4, 0.5) is 5.95 Å². The molecule has 88 valence electrons. The van der Waals surface area contributed by atoms with Crippen molar-refractivity contribution in [3.05, 3.63) is 18.0 Å². The Kier molecular flexibility index (Phi) is 4.89. The summed E-state index contributed by atoms with van der Waals surface area (Å²) >= 11 is 0. The van der Waals surface area contributed by atoms with Gasteiger partial charge in [0.15, 0.2) is 0 Å². The van der Waals surface area contributed by atoms with Crippen molar-refractivity contribution in [2.75, 3.05) is 11.9 Å². The number of Topliss-reactive ketones (excluding diaryl/α,β-unsaturated/α-hetero) is 1. The average molecular weight is 221 g/mol. The summed E-state index contributed by atoms with van der Waals surface area (Å²) in [6.07, 6.45) is 5.18. The molecule has 0 radical (unpaired) electrons. The Labute approximate surface area is 96.5 Å². The van der Waals surface area contributed by atoms with E-state index in [2.05, 4.69) is 29.1 Å². The van der Waals surface area contributed by atoms with Crippen molar-refractivity contribution in [2.24, 2.45) is 5.92 Å². The van der Waals surface area contributed by atoms with Gasteiger partial charge in [-0.3, -0.25) is 4.79 Å². The van der Waals surface area contributed by atoms with Crippen LogP contribution in [-0.2, 0) is 11.2 Å². The molecule has 0 spiro atoms. The summed E-state index contributed by atoms with van der Waals surface area (Å²) in [6.45, 7) is 6.51. The maximum atomic E-state index is 10.7. The van der Waals surface area contributed by atoms with Crippen LogP contribution in [0.3, 0.4) is 0 Å². The molecule has 1 heterocycles. The highest BCUT2D eigenvalue weighted by Gasteiger charge is 2.00. The maximum Gasteiger partial charge on any atom is 0.222 e. The summed E-state index contributed by atoms with van der Waals surface area (Å²) in [7, 11) is 0. The minimum Gasteiger partial charge on any atom is -0.354 e. The summed E-state index contributed by atoms with van der Waals surface area (Å²) < 4.78 is 0. The fourth-order valence-corrected chi connectivity index (χ4v) is 1.37. The highest BCUT2D eigenvalue weighted by Crippen LogP contribution is 2.06. The van der Waals surface area contributed by atoms with Gasteiger partial charge in [0.1, 0.15) is 5.78 Å². The van der Waals surface area contributed by atoms with E-state index in [0.717, 1.165) is 12.0 Å². The maximum absolute atomic E-state index is 10.7. The lowest BCUT2D eigenvalue weighted by Crippen LogP contribution is -2.08. The van der Waals surface area contributed by atoms with E-state index in [1.807, 2.05) is 12.4 Å². The van der Waals surface area contributed by atoms with Gasteiger partial charge in [0.25, 0.3) is 0 Å². The third-order valence-corrected chi connectivity index (χ3v) is 2.11. The van der Waals surface area contributed by atoms with Crippen LogP contribution in [0.5, 0.6) is 0 Å². The topological polar surface area (TPSA) is 54.9 Å². The molecule has 0 aliphatic carbocycles. The largest absolute Gasteiger partial charge is 0.354 e. The molecule has 0 aromatic carbocycles. The van der Waals surface area contributed by atoms with Crippen molar-refractivity contribution in [3.8, 4) is 0 Å². The highest BCUT2D eigenvalue weighted by molar-refractivity contribution is 5.75. The lowest BCUT2D eigenvalue weighted by molar-refractivity contribution is -0.116. The van der Waals surface area contributed by atoms with Crippen LogP contribution in [0.1, 0.15) is 32.8 Å². The Morgan fingerprint density at radius 1 is 1.38 bits per heavy atom. The Bertz CT molecular complexity index is 333. The number of hydrogen-bond acceptors (Lipinski definition) is 4. The number of anilines is 1. The SMILES string of the molecule is CC(=O)CCNc1ncc(CC(C)C)cn1. The van der Waals surface area contributed by atoms with Gasteiger partial charge in [0, 0.05) is 25.4 Å². The van der Waals surface area contributed by atoms with Gasteiger partial charge in [-0.25, -0.2) is 9.97 Å². The van der Waals surface area contributed by atoms with E-state index in [4.69, 9.17) is 0 Å². The molecular weight excluding hydrogens is 202 g/mol.